The van der Waals surface area contributed by atoms with Crippen molar-refractivity contribution in [2.24, 2.45) is 0 Å². The maximum atomic E-state index is 11.4. The Morgan fingerprint density at radius 2 is 1.10 bits per heavy atom. The van der Waals surface area contributed by atoms with Crippen molar-refractivity contribution in [3.05, 3.63) is 41.5 Å². The molecule has 168 valence electrons. The Bertz CT molecular complexity index is 878. The second-order valence-corrected chi connectivity index (χ2v) is 10.00. The van der Waals surface area contributed by atoms with Crippen LogP contribution in [0.5, 0.6) is 0 Å². The van der Waals surface area contributed by atoms with E-state index in [0.717, 1.165) is 30.0 Å². The Morgan fingerprint density at radius 1 is 0.645 bits per heavy atom. The molecule has 0 unspecified atom stereocenters. The van der Waals surface area contributed by atoms with Crippen LogP contribution in [0.15, 0.2) is 35.2 Å². The van der Waals surface area contributed by atoms with Crippen LogP contribution in [0.1, 0.15) is 102 Å². The SMILES string of the molecule is CCCCCCCCc1cc2ccc(S(=O)(=O)[O-])cc2cc1CCCCCCCC.[K+]. The molecule has 0 fully saturated rings. The van der Waals surface area contributed by atoms with E-state index in [1.807, 2.05) is 0 Å². The van der Waals surface area contributed by atoms with Crippen LogP contribution in [0.4, 0.5) is 0 Å². The average Bonchev–Trinajstić information content (AvgIpc) is 2.72. The molecule has 0 aliphatic carbocycles. The molecule has 0 aromatic heterocycles. The van der Waals surface area contributed by atoms with Crippen LogP contribution in [0.25, 0.3) is 10.8 Å². The van der Waals surface area contributed by atoms with E-state index in [1.165, 1.54) is 93.9 Å². The molecule has 3 nitrogen and oxygen atoms in total. The van der Waals surface area contributed by atoms with Gasteiger partial charge in [0.25, 0.3) is 0 Å². The van der Waals surface area contributed by atoms with Gasteiger partial charge in [-0.2, -0.15) is 0 Å². The zero-order valence-corrected chi connectivity index (χ0v) is 23.9. The fourth-order valence-corrected chi connectivity index (χ4v) is 4.69. The first-order chi connectivity index (χ1) is 14.5. The first kappa shape index (κ1) is 29.3. The van der Waals surface area contributed by atoms with Gasteiger partial charge in [0.1, 0.15) is 10.1 Å². The smallest absolute Gasteiger partial charge is 0.744 e. The van der Waals surface area contributed by atoms with Gasteiger partial charge >= 0.3 is 51.4 Å². The zero-order valence-electron chi connectivity index (χ0n) is 19.9. The third-order valence-electron chi connectivity index (χ3n) is 6.02. The van der Waals surface area contributed by atoms with Gasteiger partial charge < -0.3 is 4.55 Å². The fraction of sp³-hybridized carbons (Fsp3) is 0.615. The van der Waals surface area contributed by atoms with E-state index < -0.39 is 10.1 Å². The van der Waals surface area contributed by atoms with Gasteiger partial charge in [-0.15, -0.1) is 0 Å². The summed E-state index contributed by atoms with van der Waals surface area (Å²) >= 11 is 0. The monoisotopic (exact) mass is 470 g/mol. The first-order valence-corrected chi connectivity index (χ1v) is 13.4. The van der Waals surface area contributed by atoms with E-state index in [2.05, 4.69) is 26.0 Å². The van der Waals surface area contributed by atoms with Gasteiger partial charge in [0.15, 0.2) is 0 Å². The van der Waals surface area contributed by atoms with Crippen molar-refractivity contribution in [2.45, 2.75) is 109 Å². The third-order valence-corrected chi connectivity index (χ3v) is 6.85. The summed E-state index contributed by atoms with van der Waals surface area (Å²) in [6.07, 6.45) is 17.4. The number of hydrogen-bond acceptors (Lipinski definition) is 3. The first-order valence-electron chi connectivity index (χ1n) is 12.0. The molecule has 0 heterocycles. The van der Waals surface area contributed by atoms with E-state index in [4.69, 9.17) is 0 Å². The van der Waals surface area contributed by atoms with E-state index in [9.17, 15) is 13.0 Å². The summed E-state index contributed by atoms with van der Waals surface area (Å²) in [7, 11) is -4.42. The van der Waals surface area contributed by atoms with Crippen LogP contribution >= 0.6 is 0 Å². The van der Waals surface area contributed by atoms with E-state index in [-0.39, 0.29) is 56.3 Å². The molecule has 0 amide bonds. The quantitative estimate of drug-likeness (QED) is 0.218. The van der Waals surface area contributed by atoms with Crippen molar-refractivity contribution in [3.63, 3.8) is 0 Å². The fourth-order valence-electron chi connectivity index (χ4n) is 4.18. The second-order valence-electron chi connectivity index (χ2n) is 8.62. The van der Waals surface area contributed by atoms with Gasteiger partial charge in [-0.25, -0.2) is 8.42 Å². The molecule has 2 aromatic carbocycles. The van der Waals surface area contributed by atoms with Crippen LogP contribution in [-0.4, -0.2) is 13.0 Å². The number of aryl methyl sites for hydroxylation is 2. The molecule has 0 bridgehead atoms. The number of unbranched alkanes of at least 4 members (excludes halogenated alkanes) is 10. The third kappa shape index (κ3) is 10.8. The molecule has 2 rings (SSSR count). The van der Waals surface area contributed by atoms with Crippen molar-refractivity contribution in [1.82, 2.24) is 0 Å². The molecule has 0 saturated carbocycles. The molecule has 0 aliphatic heterocycles. The van der Waals surface area contributed by atoms with Gasteiger partial charge in [-0.1, -0.05) is 96.3 Å². The van der Waals surface area contributed by atoms with Crippen molar-refractivity contribution >= 4 is 20.9 Å². The van der Waals surface area contributed by atoms with Gasteiger partial charge in [0, 0.05) is 0 Å². The van der Waals surface area contributed by atoms with Crippen molar-refractivity contribution in [3.8, 4) is 0 Å². The predicted octanol–water partition coefficient (Wildman–Crippen LogP) is 4.55. The molecular formula is C26H39KO3S. The summed E-state index contributed by atoms with van der Waals surface area (Å²) in [5.74, 6) is 0. The van der Waals surface area contributed by atoms with E-state index in [1.54, 1.807) is 6.07 Å². The summed E-state index contributed by atoms with van der Waals surface area (Å²) in [5.41, 5.74) is 2.72. The van der Waals surface area contributed by atoms with Crippen molar-refractivity contribution in [2.75, 3.05) is 0 Å². The summed E-state index contributed by atoms with van der Waals surface area (Å²) in [5, 5.41) is 1.88. The maximum Gasteiger partial charge on any atom is 1.00 e. The van der Waals surface area contributed by atoms with E-state index >= 15 is 0 Å². The van der Waals surface area contributed by atoms with Crippen LogP contribution in [0.2, 0.25) is 0 Å². The minimum Gasteiger partial charge on any atom is -0.744 e. The Balaban J connectivity index is 0.00000480. The molecule has 31 heavy (non-hydrogen) atoms. The molecular weight excluding hydrogens is 431 g/mol. The largest absolute Gasteiger partial charge is 1.00 e. The van der Waals surface area contributed by atoms with Crippen molar-refractivity contribution < 1.29 is 64.4 Å². The van der Waals surface area contributed by atoms with Gasteiger partial charge in [-0.3, -0.25) is 0 Å². The van der Waals surface area contributed by atoms with Crippen LogP contribution in [0, 0.1) is 0 Å². The minimum atomic E-state index is -4.42. The summed E-state index contributed by atoms with van der Waals surface area (Å²) in [6.45, 7) is 4.48. The second kappa shape index (κ2) is 16.0. The standard InChI is InChI=1S/C26H40O3S.K/c1-3-5-7-9-11-13-15-22-19-24-17-18-26(30(27,28)29)21-25(24)20-23(22)16-14-12-10-8-6-4-2;/h17-21H,3-16H2,1-2H3,(H,27,28,29);/q;+1/p-1. The molecule has 0 N–H and O–H groups in total. The normalized spacial score (nSPS) is 11.6. The molecule has 0 saturated heterocycles. The summed E-state index contributed by atoms with van der Waals surface area (Å²) in [4.78, 5) is -0.135. The maximum absolute atomic E-state index is 11.4. The number of fused-ring (bicyclic) bond motifs is 1. The Labute approximate surface area is 233 Å². The Hall–Kier alpha value is 0.246. The van der Waals surface area contributed by atoms with E-state index in [0.29, 0.717) is 0 Å². The number of rotatable bonds is 15. The van der Waals surface area contributed by atoms with Gasteiger partial charge in [0.2, 0.25) is 0 Å². The van der Waals surface area contributed by atoms with Crippen LogP contribution in [-0.2, 0) is 23.0 Å². The number of benzene rings is 2. The van der Waals surface area contributed by atoms with Gasteiger partial charge in [-0.05, 0) is 59.7 Å². The minimum absolute atomic E-state index is 0. The predicted molar refractivity (Wildman–Crippen MR) is 126 cm³/mol. The average molecular weight is 471 g/mol. The molecule has 2 aromatic rings. The number of hydrogen-bond donors (Lipinski definition) is 0. The molecule has 5 heteroatoms. The Morgan fingerprint density at radius 3 is 1.58 bits per heavy atom. The Kier molecular flexibility index (Phi) is 15.1. The molecule has 0 spiro atoms. The molecule has 0 atom stereocenters. The summed E-state index contributed by atoms with van der Waals surface area (Å²) in [6, 6.07) is 9.10. The van der Waals surface area contributed by atoms with Gasteiger partial charge in [0.05, 0.1) is 4.90 Å². The summed E-state index contributed by atoms with van der Waals surface area (Å²) < 4.78 is 34.3. The topological polar surface area (TPSA) is 57.2 Å². The zero-order chi connectivity index (χ0) is 21.8. The van der Waals surface area contributed by atoms with Crippen LogP contribution in [0.3, 0.4) is 0 Å². The van der Waals surface area contributed by atoms with Crippen LogP contribution < -0.4 is 51.4 Å². The van der Waals surface area contributed by atoms with Crippen molar-refractivity contribution in [1.29, 1.82) is 0 Å². The molecule has 0 aliphatic rings. The molecule has 0 radical (unpaired) electrons.